The maximum Gasteiger partial charge on any atom is 0.223 e. The quantitative estimate of drug-likeness (QED) is 0.900. The molecule has 6 heteroatoms. The molecular weight excluding hydrogens is 286 g/mol. The van der Waals surface area contributed by atoms with Gasteiger partial charge in [-0.2, -0.15) is 0 Å². The lowest BCUT2D eigenvalue weighted by Crippen LogP contribution is -2.42. The number of aliphatic hydroxyl groups is 1. The second-order valence-electron chi connectivity index (χ2n) is 5.74. The summed E-state index contributed by atoms with van der Waals surface area (Å²) in [5.41, 5.74) is 0.0895. The molecule has 0 fully saturated rings. The van der Waals surface area contributed by atoms with Crippen LogP contribution in [-0.4, -0.2) is 27.1 Å². The van der Waals surface area contributed by atoms with Crippen molar-refractivity contribution in [2.45, 2.75) is 31.9 Å². The Balaban J connectivity index is 1.58. The molecule has 0 saturated carbocycles. The van der Waals surface area contributed by atoms with Crippen LogP contribution in [0.2, 0.25) is 0 Å². The molecule has 112 valence electrons. The Morgan fingerprint density at radius 3 is 3.29 bits per heavy atom. The van der Waals surface area contributed by atoms with Crippen molar-refractivity contribution in [3.8, 4) is 0 Å². The van der Waals surface area contributed by atoms with Gasteiger partial charge in [0.05, 0.1) is 12.9 Å². The van der Waals surface area contributed by atoms with Crippen molar-refractivity contribution in [2.24, 2.45) is 5.92 Å². The van der Waals surface area contributed by atoms with Crippen LogP contribution in [0.1, 0.15) is 23.9 Å². The summed E-state index contributed by atoms with van der Waals surface area (Å²) in [6, 6.07) is 3.79. The lowest BCUT2D eigenvalue weighted by Gasteiger charge is -2.26. The Morgan fingerprint density at radius 1 is 1.67 bits per heavy atom. The van der Waals surface area contributed by atoms with Crippen LogP contribution in [0.5, 0.6) is 0 Å². The number of carbonyl (C=O) groups is 1. The van der Waals surface area contributed by atoms with E-state index in [2.05, 4.69) is 14.9 Å². The van der Waals surface area contributed by atoms with Gasteiger partial charge in [0, 0.05) is 35.7 Å². The van der Waals surface area contributed by atoms with Crippen LogP contribution in [0.4, 0.5) is 0 Å². The van der Waals surface area contributed by atoms with Gasteiger partial charge in [-0.3, -0.25) is 4.79 Å². The third-order valence-corrected chi connectivity index (χ3v) is 5.13. The van der Waals surface area contributed by atoms with Crippen molar-refractivity contribution >= 4 is 17.2 Å². The normalized spacial score (nSPS) is 20.6. The molecule has 3 heterocycles. The number of aryl methyl sites for hydroxylation is 1. The summed E-state index contributed by atoms with van der Waals surface area (Å²) in [5.74, 6) is -0.0207. The number of amides is 1. The summed E-state index contributed by atoms with van der Waals surface area (Å²) >= 11 is 1.50. The van der Waals surface area contributed by atoms with Gasteiger partial charge in [0.15, 0.2) is 0 Å². The first-order valence-electron chi connectivity index (χ1n) is 7.09. The SMILES string of the molecule is CC(O)(CNC(=O)C1CCn2cncc2C1)c1cccs1. The number of hydrogen-bond acceptors (Lipinski definition) is 4. The van der Waals surface area contributed by atoms with Crippen LogP contribution in [0.15, 0.2) is 30.0 Å². The van der Waals surface area contributed by atoms with Gasteiger partial charge in [-0.1, -0.05) is 6.07 Å². The van der Waals surface area contributed by atoms with Crippen LogP contribution < -0.4 is 5.32 Å². The molecule has 1 aliphatic heterocycles. The van der Waals surface area contributed by atoms with Crippen molar-refractivity contribution in [1.29, 1.82) is 0 Å². The Bertz CT molecular complexity index is 619. The molecule has 21 heavy (non-hydrogen) atoms. The van der Waals surface area contributed by atoms with E-state index in [1.54, 1.807) is 6.92 Å². The Kier molecular flexibility index (Phi) is 3.82. The molecule has 0 spiro atoms. The smallest absolute Gasteiger partial charge is 0.223 e. The number of nitrogens with one attached hydrogen (secondary N) is 1. The van der Waals surface area contributed by atoms with E-state index in [9.17, 15) is 9.90 Å². The fourth-order valence-electron chi connectivity index (χ4n) is 2.67. The van der Waals surface area contributed by atoms with Gasteiger partial charge < -0.3 is 15.0 Å². The number of rotatable bonds is 4. The molecule has 2 aromatic rings. The zero-order chi connectivity index (χ0) is 14.9. The van der Waals surface area contributed by atoms with E-state index >= 15 is 0 Å². The first-order valence-corrected chi connectivity index (χ1v) is 7.97. The van der Waals surface area contributed by atoms with Gasteiger partial charge in [-0.25, -0.2) is 4.98 Å². The van der Waals surface area contributed by atoms with E-state index in [-0.39, 0.29) is 18.4 Å². The molecule has 1 aliphatic rings. The number of aromatic nitrogens is 2. The van der Waals surface area contributed by atoms with Gasteiger partial charge in [0.25, 0.3) is 0 Å². The van der Waals surface area contributed by atoms with Crippen molar-refractivity contribution in [2.75, 3.05) is 6.54 Å². The lowest BCUT2D eigenvalue weighted by atomic mass is 9.95. The van der Waals surface area contributed by atoms with Crippen LogP contribution >= 0.6 is 11.3 Å². The maximum atomic E-state index is 12.3. The molecule has 0 aliphatic carbocycles. The number of carbonyl (C=O) groups excluding carboxylic acids is 1. The van der Waals surface area contributed by atoms with Crippen LogP contribution in [0, 0.1) is 5.92 Å². The number of imidazole rings is 1. The minimum absolute atomic E-state index is 0.0132. The molecule has 0 saturated heterocycles. The lowest BCUT2D eigenvalue weighted by molar-refractivity contribution is -0.126. The minimum Gasteiger partial charge on any atom is -0.383 e. The molecule has 2 atom stereocenters. The standard InChI is InChI=1S/C15H19N3O2S/c1-15(20,13-3-2-6-21-13)9-17-14(19)11-4-5-18-10-16-8-12(18)7-11/h2-3,6,8,10-11,20H,4-5,7,9H2,1H3,(H,17,19). The first-order chi connectivity index (χ1) is 10.1. The average molecular weight is 305 g/mol. The van der Waals surface area contributed by atoms with Crippen molar-refractivity contribution < 1.29 is 9.90 Å². The third-order valence-electron chi connectivity index (χ3n) is 4.00. The Morgan fingerprint density at radius 2 is 2.52 bits per heavy atom. The number of thiophene rings is 1. The highest BCUT2D eigenvalue weighted by Gasteiger charge is 2.28. The summed E-state index contributed by atoms with van der Waals surface area (Å²) in [5, 5.41) is 15.2. The van der Waals surface area contributed by atoms with E-state index in [1.165, 1.54) is 11.3 Å². The summed E-state index contributed by atoms with van der Waals surface area (Å²) in [6.45, 7) is 2.80. The maximum absolute atomic E-state index is 12.3. The second-order valence-corrected chi connectivity index (χ2v) is 6.68. The van der Waals surface area contributed by atoms with Crippen molar-refractivity contribution in [3.05, 3.63) is 40.6 Å². The number of hydrogen-bond donors (Lipinski definition) is 2. The number of fused-ring (bicyclic) bond motifs is 1. The highest BCUT2D eigenvalue weighted by Crippen LogP contribution is 2.25. The summed E-state index contributed by atoms with van der Waals surface area (Å²) in [7, 11) is 0. The summed E-state index contributed by atoms with van der Waals surface area (Å²) in [4.78, 5) is 17.3. The highest BCUT2D eigenvalue weighted by atomic mass is 32.1. The van der Waals surface area contributed by atoms with E-state index in [0.717, 1.165) is 23.5 Å². The molecule has 2 unspecified atom stereocenters. The summed E-state index contributed by atoms with van der Waals surface area (Å²) < 4.78 is 2.09. The third kappa shape index (κ3) is 3.01. The van der Waals surface area contributed by atoms with E-state index in [1.807, 2.05) is 30.0 Å². The topological polar surface area (TPSA) is 67.2 Å². The van der Waals surface area contributed by atoms with Crippen molar-refractivity contribution in [3.63, 3.8) is 0 Å². The van der Waals surface area contributed by atoms with E-state index in [0.29, 0.717) is 6.42 Å². The number of nitrogens with zero attached hydrogens (tertiary/aromatic N) is 2. The molecule has 3 rings (SSSR count). The van der Waals surface area contributed by atoms with Gasteiger partial charge in [-0.15, -0.1) is 11.3 Å². The zero-order valence-electron chi connectivity index (χ0n) is 12.0. The van der Waals surface area contributed by atoms with Crippen LogP contribution in [0.25, 0.3) is 0 Å². The van der Waals surface area contributed by atoms with Crippen LogP contribution in [-0.2, 0) is 23.4 Å². The molecular formula is C15H19N3O2S. The Hall–Kier alpha value is -1.66. The molecule has 1 amide bonds. The van der Waals surface area contributed by atoms with Crippen molar-refractivity contribution in [1.82, 2.24) is 14.9 Å². The Labute approximate surface area is 127 Å². The average Bonchev–Trinajstić information content (AvgIpc) is 3.14. The van der Waals surface area contributed by atoms with Gasteiger partial charge in [0.1, 0.15) is 5.60 Å². The largest absolute Gasteiger partial charge is 0.383 e. The monoisotopic (exact) mass is 305 g/mol. The first kappa shape index (κ1) is 14.3. The predicted octanol–water partition coefficient (Wildman–Crippen LogP) is 1.53. The molecule has 0 radical (unpaired) electrons. The van der Waals surface area contributed by atoms with Crippen LogP contribution in [0.3, 0.4) is 0 Å². The van der Waals surface area contributed by atoms with Gasteiger partial charge in [0.2, 0.25) is 5.91 Å². The fourth-order valence-corrected chi connectivity index (χ4v) is 3.46. The fraction of sp³-hybridized carbons (Fsp3) is 0.467. The highest BCUT2D eigenvalue weighted by molar-refractivity contribution is 7.10. The molecule has 2 aromatic heterocycles. The van der Waals surface area contributed by atoms with E-state index < -0.39 is 5.60 Å². The molecule has 0 aromatic carbocycles. The summed E-state index contributed by atoms with van der Waals surface area (Å²) in [6.07, 6.45) is 5.16. The molecule has 5 nitrogen and oxygen atoms in total. The second kappa shape index (κ2) is 5.61. The van der Waals surface area contributed by atoms with Gasteiger partial charge >= 0.3 is 0 Å². The minimum atomic E-state index is -1.01. The molecule has 2 N–H and O–H groups in total. The van der Waals surface area contributed by atoms with Gasteiger partial charge in [-0.05, 0) is 24.8 Å². The zero-order valence-corrected chi connectivity index (χ0v) is 12.8. The molecule has 0 bridgehead atoms. The predicted molar refractivity (Wildman–Crippen MR) is 80.9 cm³/mol. The van der Waals surface area contributed by atoms with E-state index in [4.69, 9.17) is 0 Å².